The molecule has 0 N–H and O–H groups in total. The van der Waals surface area contributed by atoms with Crippen LogP contribution in [0.3, 0.4) is 0 Å². The summed E-state index contributed by atoms with van der Waals surface area (Å²) in [6.45, 7) is 0. The van der Waals surface area contributed by atoms with E-state index >= 15 is 0 Å². The van der Waals surface area contributed by atoms with Gasteiger partial charge in [-0.05, 0) is 125 Å². The molecule has 0 saturated carbocycles. The molecule has 0 saturated heterocycles. The molecular formula is C66H38N8. The Kier molecular flexibility index (Phi) is 10.5. The van der Waals surface area contributed by atoms with Crippen LogP contribution in [-0.4, -0.2) is 24.1 Å². The smallest absolute Gasteiger partial charge is 0.166 e. The maximum absolute atomic E-state index is 10.2. The van der Waals surface area contributed by atoms with Crippen LogP contribution in [0.2, 0.25) is 0 Å². The van der Waals surface area contributed by atoms with Crippen molar-refractivity contribution in [1.29, 1.82) is 15.8 Å². The van der Waals surface area contributed by atoms with E-state index < -0.39 is 0 Å². The van der Waals surface area contributed by atoms with Gasteiger partial charge in [-0.15, -0.1) is 0 Å². The van der Waals surface area contributed by atoms with E-state index in [-0.39, 0.29) is 0 Å². The number of rotatable bonds is 8. The topological polar surface area (TPSA) is 120 Å². The molecule has 10 aromatic carbocycles. The van der Waals surface area contributed by atoms with E-state index in [9.17, 15) is 15.8 Å². The van der Waals surface area contributed by atoms with E-state index in [0.717, 1.165) is 105 Å². The van der Waals surface area contributed by atoms with Gasteiger partial charge in [0.15, 0.2) is 17.5 Å². The number of nitrogens with zero attached hydrogens (tertiary/aromatic N) is 8. The summed E-state index contributed by atoms with van der Waals surface area (Å²) in [4.78, 5) is 16.3. The second-order valence-corrected chi connectivity index (χ2v) is 18.2. The largest absolute Gasteiger partial charge is 0.309 e. The van der Waals surface area contributed by atoms with Gasteiger partial charge >= 0.3 is 0 Å². The van der Waals surface area contributed by atoms with Crippen molar-refractivity contribution in [3.05, 3.63) is 247 Å². The highest BCUT2D eigenvalue weighted by atomic mass is 15.1. The van der Waals surface area contributed by atoms with Crippen LogP contribution in [0.4, 0.5) is 0 Å². The fraction of sp³-hybridized carbons (Fsp3) is 0. The first-order valence-electron chi connectivity index (χ1n) is 24.2. The number of para-hydroxylation sites is 4. The van der Waals surface area contributed by atoms with E-state index in [4.69, 9.17) is 15.0 Å². The van der Waals surface area contributed by atoms with Crippen LogP contribution >= 0.6 is 0 Å². The molecule has 0 aliphatic heterocycles. The van der Waals surface area contributed by atoms with Gasteiger partial charge in [0.25, 0.3) is 0 Å². The number of aromatic nitrogens is 5. The van der Waals surface area contributed by atoms with Crippen molar-refractivity contribution in [3.63, 3.8) is 0 Å². The normalized spacial score (nSPS) is 11.2. The van der Waals surface area contributed by atoms with E-state index in [1.807, 2.05) is 91.0 Å². The van der Waals surface area contributed by atoms with Crippen LogP contribution < -0.4 is 0 Å². The first kappa shape index (κ1) is 43.3. The molecule has 0 spiro atoms. The van der Waals surface area contributed by atoms with Gasteiger partial charge in [0, 0.05) is 43.8 Å². The fourth-order valence-electron chi connectivity index (χ4n) is 10.4. The highest BCUT2D eigenvalue weighted by Gasteiger charge is 2.23. The highest BCUT2D eigenvalue weighted by Crippen LogP contribution is 2.41. The third kappa shape index (κ3) is 7.42. The second-order valence-electron chi connectivity index (χ2n) is 18.2. The van der Waals surface area contributed by atoms with Crippen LogP contribution in [0.5, 0.6) is 0 Å². The molecule has 0 radical (unpaired) electrons. The number of fused-ring (bicyclic) bond motifs is 6. The van der Waals surface area contributed by atoms with Gasteiger partial charge in [0.05, 0.1) is 68.3 Å². The summed E-state index contributed by atoms with van der Waals surface area (Å²) in [7, 11) is 0. The summed E-state index contributed by atoms with van der Waals surface area (Å²) >= 11 is 0. The van der Waals surface area contributed by atoms with E-state index in [1.165, 1.54) is 0 Å². The average molecular weight is 943 g/mol. The van der Waals surface area contributed by atoms with Crippen molar-refractivity contribution >= 4 is 43.6 Å². The van der Waals surface area contributed by atoms with E-state index in [1.54, 1.807) is 0 Å². The molecule has 0 bridgehead atoms. The summed E-state index contributed by atoms with van der Waals surface area (Å²) in [5, 5.41) is 34.3. The highest BCUT2D eigenvalue weighted by molar-refractivity contribution is 6.11. The summed E-state index contributed by atoms with van der Waals surface area (Å²) in [5.41, 5.74) is 15.4. The van der Waals surface area contributed by atoms with Crippen molar-refractivity contribution in [2.24, 2.45) is 0 Å². The first-order valence-corrected chi connectivity index (χ1v) is 24.2. The molecule has 13 rings (SSSR count). The lowest BCUT2D eigenvalue weighted by Gasteiger charge is -2.18. The Labute approximate surface area is 425 Å². The van der Waals surface area contributed by atoms with Gasteiger partial charge in [0.1, 0.15) is 0 Å². The molecule has 3 heterocycles. The number of hydrogen-bond donors (Lipinski definition) is 0. The monoisotopic (exact) mass is 942 g/mol. The molecular weight excluding hydrogens is 905 g/mol. The Morgan fingerprint density at radius 3 is 1.19 bits per heavy atom. The lowest BCUT2D eigenvalue weighted by Crippen LogP contribution is -2.05. The predicted octanol–water partition coefficient (Wildman–Crippen LogP) is 15.7. The summed E-state index contributed by atoms with van der Waals surface area (Å²) in [6, 6.07) is 84.3. The molecule has 0 atom stereocenters. The molecule has 0 amide bonds. The van der Waals surface area contributed by atoms with Gasteiger partial charge in [-0.3, -0.25) is 0 Å². The summed E-state index contributed by atoms with van der Waals surface area (Å²) in [5.74, 6) is 1.36. The van der Waals surface area contributed by atoms with Crippen molar-refractivity contribution in [2.75, 3.05) is 0 Å². The fourth-order valence-corrected chi connectivity index (χ4v) is 10.4. The average Bonchev–Trinajstić information content (AvgIpc) is 3.99. The van der Waals surface area contributed by atoms with Gasteiger partial charge in [0.2, 0.25) is 0 Å². The zero-order chi connectivity index (χ0) is 49.7. The lowest BCUT2D eigenvalue weighted by atomic mass is 9.98. The zero-order valence-electron chi connectivity index (χ0n) is 39.5. The molecule has 0 aliphatic rings. The molecule has 0 unspecified atom stereocenters. The van der Waals surface area contributed by atoms with Crippen molar-refractivity contribution < 1.29 is 0 Å². The first-order chi connectivity index (χ1) is 36.5. The Bertz CT molecular complexity index is 4430. The molecule has 8 nitrogen and oxygen atoms in total. The van der Waals surface area contributed by atoms with Gasteiger partial charge in [-0.2, -0.15) is 15.8 Å². The summed E-state index contributed by atoms with van der Waals surface area (Å²) in [6.07, 6.45) is 0. The molecule has 342 valence electrons. The third-order valence-corrected chi connectivity index (χ3v) is 13.9. The number of benzene rings is 10. The quantitative estimate of drug-likeness (QED) is 0.150. The van der Waals surface area contributed by atoms with Crippen molar-refractivity contribution in [3.8, 4) is 97.1 Å². The Morgan fingerprint density at radius 2 is 0.649 bits per heavy atom. The van der Waals surface area contributed by atoms with Crippen LogP contribution in [-0.2, 0) is 0 Å². The molecule has 0 fully saturated rings. The minimum atomic E-state index is 0.448. The van der Waals surface area contributed by atoms with Gasteiger partial charge in [-0.1, -0.05) is 133 Å². The van der Waals surface area contributed by atoms with Crippen molar-refractivity contribution in [2.45, 2.75) is 0 Å². The maximum Gasteiger partial charge on any atom is 0.166 e. The van der Waals surface area contributed by atoms with Crippen molar-refractivity contribution in [1.82, 2.24) is 24.1 Å². The minimum absolute atomic E-state index is 0.448. The molecule has 13 aromatic rings. The Hall–Kier alpha value is -10.7. The van der Waals surface area contributed by atoms with Gasteiger partial charge in [-0.25, -0.2) is 15.0 Å². The van der Waals surface area contributed by atoms with Crippen LogP contribution in [0.1, 0.15) is 16.7 Å². The van der Waals surface area contributed by atoms with Gasteiger partial charge < -0.3 is 9.13 Å². The molecule has 3 aromatic heterocycles. The standard InChI is InChI=1S/C66H38N8/c67-39-42-26-28-45(29-27-42)47-15-11-17-50(36-47)64-70-65(51-31-33-62(56(38-51)49-16-10-13-44(35-49)41-69)73-58-22-5-1-18-52(58)53-19-2-6-23-59(53)73)72-66(71-64)57-37-48(46-14-9-12-43(34-46)40-68)30-32-63(57)74-60-24-7-3-20-54(60)55-21-4-8-25-61(55)74/h1-38H. The molecule has 8 heteroatoms. The second kappa shape index (κ2) is 17.9. The molecule has 74 heavy (non-hydrogen) atoms. The zero-order valence-corrected chi connectivity index (χ0v) is 39.5. The maximum atomic E-state index is 10.2. The lowest BCUT2D eigenvalue weighted by molar-refractivity contribution is 1.06. The Balaban J connectivity index is 1.09. The van der Waals surface area contributed by atoms with E-state index in [0.29, 0.717) is 34.2 Å². The predicted molar refractivity (Wildman–Crippen MR) is 295 cm³/mol. The number of hydrogen-bond acceptors (Lipinski definition) is 6. The van der Waals surface area contributed by atoms with Crippen LogP contribution in [0.15, 0.2) is 231 Å². The third-order valence-electron chi connectivity index (χ3n) is 13.9. The van der Waals surface area contributed by atoms with E-state index in [2.05, 4.69) is 167 Å². The SMILES string of the molecule is N#Cc1ccc(-c2cccc(-c3nc(-c4ccc(-n5c6ccccc6c6ccccc65)c(-c5cccc(C#N)c5)c4)nc(-c4cc(-c5cccc(C#N)c5)ccc4-n4c5ccccc5c5ccccc54)n3)c2)cc1. The van der Waals surface area contributed by atoms with Crippen LogP contribution in [0, 0.1) is 34.0 Å². The number of nitriles is 3. The van der Waals surface area contributed by atoms with Crippen LogP contribution in [0.25, 0.3) is 123 Å². The Morgan fingerprint density at radius 1 is 0.270 bits per heavy atom. The summed E-state index contributed by atoms with van der Waals surface area (Å²) < 4.78 is 4.58. The minimum Gasteiger partial charge on any atom is -0.309 e. The molecule has 0 aliphatic carbocycles.